The number of ether oxygens (including phenoxy) is 9. The first-order chi connectivity index (χ1) is 52.3. The van der Waals surface area contributed by atoms with Gasteiger partial charge in [0, 0.05) is 85.7 Å². The number of rotatable bonds is 45. The third-order valence-electron chi connectivity index (χ3n) is 18.5. The molecular formula is C71H112N10O26S2. The predicted octanol–water partition coefficient (Wildman–Crippen LogP) is -2.56. The van der Waals surface area contributed by atoms with E-state index < -0.39 is 200 Å². The van der Waals surface area contributed by atoms with Crippen molar-refractivity contribution in [3.63, 3.8) is 0 Å². The molecule has 3 aliphatic rings. The number of fused-ring (bicyclic) bond motifs is 5. The second-order valence-corrected chi connectivity index (χ2v) is 29.3. The number of aromatic nitrogens is 1. The van der Waals surface area contributed by atoms with E-state index in [1.165, 1.54) is 25.8 Å². The van der Waals surface area contributed by atoms with Crippen molar-refractivity contribution in [1.82, 2.24) is 47.1 Å². The minimum Gasteiger partial charge on any atom is -0.496 e. The van der Waals surface area contributed by atoms with Gasteiger partial charge in [0.05, 0.1) is 186 Å². The number of Topliss-reactive ketones (excluding diaryl/α,β-unsaturated/α-hetero) is 2. The van der Waals surface area contributed by atoms with Gasteiger partial charge in [-0.2, -0.15) is 11.8 Å². The Morgan fingerprint density at radius 2 is 1.32 bits per heavy atom. The van der Waals surface area contributed by atoms with Crippen molar-refractivity contribution < 1.29 is 125 Å². The van der Waals surface area contributed by atoms with E-state index in [0.717, 1.165) is 4.90 Å². The highest BCUT2D eigenvalue weighted by Gasteiger charge is 2.45. The number of ketones is 2. The Labute approximate surface area is 640 Å². The molecule has 1 aromatic heterocycles. The second-order valence-electron chi connectivity index (χ2n) is 26.7. The van der Waals surface area contributed by atoms with E-state index in [0.29, 0.717) is 140 Å². The molecule has 2 aromatic rings. The van der Waals surface area contributed by atoms with Gasteiger partial charge in [0.25, 0.3) is 0 Å². The second kappa shape index (κ2) is 50.5. The molecule has 36 nitrogen and oxygen atoms in total. The van der Waals surface area contributed by atoms with E-state index in [-0.39, 0.29) is 67.4 Å². The zero-order chi connectivity index (χ0) is 79.8. The van der Waals surface area contributed by atoms with Crippen LogP contribution in [-0.2, 0) is 118 Å². The summed E-state index contributed by atoms with van der Waals surface area (Å²) in [5.74, 6) is -14.3. The van der Waals surface area contributed by atoms with Crippen LogP contribution >= 0.6 is 11.8 Å². The SMILES string of the molecule is CC[C@H](C)[C@@H]1CC(=O)CNC(=O)[C@H]2CC(=O)[C@H]([C@@H](C)[C@@H](O)CO)NC(=O)[C@@H]3C[C@@H](O)CN3C(=O)[C@H](CC(N)=O)NC(=O)[C@H](CS(=O)c3[nH]c4c(CSCCCCNC(=O)CCOCCOCCOCCOCCOCCOCCOCCOCCNC(=O)C(C)CC(=O)O)c(OC)ccc4c3C2)NC(=O)CNC1=O. The summed E-state index contributed by atoms with van der Waals surface area (Å²) in [7, 11) is -0.972. The summed E-state index contributed by atoms with van der Waals surface area (Å²) >= 11 is 1.50. The molecule has 1 fully saturated rings. The summed E-state index contributed by atoms with van der Waals surface area (Å²) in [5.41, 5.74) is 6.74. The molecule has 14 N–H and O–H groups in total. The van der Waals surface area contributed by atoms with Gasteiger partial charge in [-0.25, -0.2) is 0 Å². The summed E-state index contributed by atoms with van der Waals surface area (Å²) in [6.45, 7) is 9.81. The fraction of sp³-hybridized carbons (Fsp3) is 0.718. The molecule has 38 heteroatoms. The largest absolute Gasteiger partial charge is 0.496 e. The van der Waals surface area contributed by atoms with Gasteiger partial charge in [-0.05, 0) is 48.6 Å². The van der Waals surface area contributed by atoms with Crippen LogP contribution in [0.2, 0.25) is 0 Å². The normalized spacial score (nSPS) is 21.9. The number of methoxy groups -OCH3 is 1. The molecular weight excluding hydrogens is 1470 g/mol. The van der Waals surface area contributed by atoms with Crippen LogP contribution in [0.4, 0.5) is 0 Å². The molecule has 614 valence electrons. The average molecular weight is 1590 g/mol. The number of nitrogens with two attached hydrogens (primary N) is 1. The van der Waals surface area contributed by atoms with Gasteiger partial charge in [0.1, 0.15) is 28.9 Å². The molecule has 12 atom stereocenters. The van der Waals surface area contributed by atoms with Gasteiger partial charge < -0.3 is 116 Å². The quantitative estimate of drug-likeness (QED) is 0.0304. The molecule has 0 radical (unpaired) electrons. The fourth-order valence-corrected chi connectivity index (χ4v) is 14.5. The Bertz CT molecular complexity index is 3310. The van der Waals surface area contributed by atoms with Crippen LogP contribution in [0.5, 0.6) is 5.75 Å². The summed E-state index contributed by atoms with van der Waals surface area (Å²) in [6.07, 6.45) is -4.24. The molecule has 2 bridgehead atoms. The van der Waals surface area contributed by atoms with E-state index in [1.54, 1.807) is 32.9 Å². The zero-order valence-corrected chi connectivity index (χ0v) is 64.5. The zero-order valence-electron chi connectivity index (χ0n) is 62.9. The minimum absolute atomic E-state index is 0.0914. The molecule has 1 aromatic carbocycles. The number of carboxylic acids is 1. The first-order valence-electron chi connectivity index (χ1n) is 36.9. The Hall–Kier alpha value is -7.34. The number of aromatic amines is 1. The topological polar surface area (TPSA) is 515 Å². The highest BCUT2D eigenvalue weighted by molar-refractivity contribution is 7.98. The molecule has 0 saturated carbocycles. The van der Waals surface area contributed by atoms with Crippen molar-refractivity contribution >= 4 is 104 Å². The van der Waals surface area contributed by atoms with E-state index in [1.807, 2.05) is 0 Å². The summed E-state index contributed by atoms with van der Waals surface area (Å²) in [4.78, 5) is 167. The number of carbonyl (C=O) groups excluding carboxylic acids is 11. The van der Waals surface area contributed by atoms with Crippen molar-refractivity contribution in [3.8, 4) is 5.75 Å². The third kappa shape index (κ3) is 32.5. The van der Waals surface area contributed by atoms with Crippen molar-refractivity contribution in [1.29, 1.82) is 0 Å². The van der Waals surface area contributed by atoms with Gasteiger partial charge in [-0.15, -0.1) is 0 Å². The number of thioether (sulfide) groups is 1. The number of aliphatic carboxylic acids is 1. The molecule has 3 aliphatic heterocycles. The highest BCUT2D eigenvalue weighted by Crippen LogP contribution is 2.37. The first kappa shape index (κ1) is 92.3. The number of aliphatic hydroxyl groups excluding tert-OH is 3. The van der Waals surface area contributed by atoms with Crippen LogP contribution in [0.3, 0.4) is 0 Å². The maximum atomic E-state index is 15.4. The Kier molecular flexibility index (Phi) is 42.8. The van der Waals surface area contributed by atoms with Crippen LogP contribution in [0.15, 0.2) is 17.2 Å². The fourth-order valence-electron chi connectivity index (χ4n) is 12.1. The monoisotopic (exact) mass is 1580 g/mol. The molecule has 0 spiro atoms. The molecule has 1 saturated heterocycles. The minimum atomic E-state index is -2.42. The lowest BCUT2D eigenvalue weighted by molar-refractivity contribution is -0.144. The van der Waals surface area contributed by atoms with E-state index in [4.69, 9.17) is 53.5 Å². The lowest BCUT2D eigenvalue weighted by atomic mass is 9.85. The van der Waals surface area contributed by atoms with Crippen LogP contribution in [0, 0.1) is 29.6 Å². The van der Waals surface area contributed by atoms with Crippen molar-refractivity contribution in [2.75, 3.05) is 164 Å². The Morgan fingerprint density at radius 1 is 0.725 bits per heavy atom. The van der Waals surface area contributed by atoms with Gasteiger partial charge in [-0.3, -0.25) is 61.7 Å². The molecule has 0 aliphatic carbocycles. The molecule has 109 heavy (non-hydrogen) atoms. The number of aliphatic hydroxyl groups is 3. The summed E-state index contributed by atoms with van der Waals surface area (Å²) in [6, 6.07) is -3.69. The van der Waals surface area contributed by atoms with Crippen molar-refractivity contribution in [2.45, 2.75) is 139 Å². The number of benzene rings is 1. The maximum absolute atomic E-state index is 15.4. The standard InChI is InChI=1S/C71H112N10O26S2/c1-6-43(2)50-34-47(83)37-75-66(93)46-32-51-49-9-10-58(99-5)52(41-108-30-8-7-12-73-60(88)11-14-100-16-18-102-20-22-104-24-26-106-28-29-107-27-25-105-23-21-103-19-17-101-15-13-74-65(92)44(3)31-62(90)91)64(49)80-70(51)109(98)42-54(77-61(89)38-76-67(50)94)68(95)78-53(36-59(72)87)71(97)81-39-48(84)35-55(81)69(96)79-63(56(85)33-46)45(4)57(86)40-82/h9-10,43-46,48,50,53-55,57,63,80,82,84,86H,6-8,11-42H2,1-5H3,(H2,72,87)(H,73,88)(H,74,92)(H,75,93)(H,76,94)(H,77,89)(H,78,95)(H,79,96)(H,90,91)/t43-,44?,45-,46+,48+,50-,53-,54-,55-,57-,63-,109?/m0/s1. The summed E-state index contributed by atoms with van der Waals surface area (Å²) in [5, 5.41) is 59.3. The number of carboxylic acid groups (broad SMARTS) is 1. The number of primary amides is 1. The van der Waals surface area contributed by atoms with Crippen LogP contribution in [0.25, 0.3) is 10.9 Å². The van der Waals surface area contributed by atoms with Crippen LogP contribution < -0.4 is 47.7 Å². The lowest BCUT2D eigenvalue weighted by Crippen LogP contribution is -2.60. The van der Waals surface area contributed by atoms with E-state index in [2.05, 4.69) is 42.2 Å². The number of hydrogen-bond donors (Lipinski definition) is 13. The number of carbonyl (C=O) groups is 12. The highest BCUT2D eigenvalue weighted by atomic mass is 32.2. The number of nitrogens with one attached hydrogen (secondary N) is 8. The molecule has 2 unspecified atom stereocenters. The van der Waals surface area contributed by atoms with Gasteiger partial charge >= 0.3 is 5.97 Å². The van der Waals surface area contributed by atoms with E-state index in [9.17, 15) is 68.1 Å². The maximum Gasteiger partial charge on any atom is 0.304 e. The first-order valence-corrected chi connectivity index (χ1v) is 39.4. The van der Waals surface area contributed by atoms with E-state index >= 15 is 9.00 Å². The Morgan fingerprint density at radius 3 is 1.90 bits per heavy atom. The lowest BCUT2D eigenvalue weighted by Gasteiger charge is -2.32. The van der Waals surface area contributed by atoms with Gasteiger partial charge in [-0.1, -0.05) is 34.1 Å². The number of hydrogen-bond acceptors (Lipinski definition) is 26. The number of H-pyrrole nitrogens is 1. The van der Waals surface area contributed by atoms with Crippen LogP contribution in [-0.4, -0.2) is 305 Å². The number of amides is 9. The van der Waals surface area contributed by atoms with Gasteiger partial charge in [0.15, 0.2) is 11.6 Å². The third-order valence-corrected chi connectivity index (χ3v) is 21.0. The van der Waals surface area contributed by atoms with Crippen LogP contribution in [0.1, 0.15) is 96.6 Å². The number of nitrogens with zero attached hydrogens (tertiary/aromatic N) is 1. The predicted molar refractivity (Wildman–Crippen MR) is 394 cm³/mol. The van der Waals surface area contributed by atoms with Gasteiger partial charge in [0.2, 0.25) is 53.2 Å². The Balaban J connectivity index is 1.15. The smallest absolute Gasteiger partial charge is 0.304 e. The molecule has 9 amide bonds. The number of unbranched alkanes of at least 4 members (excludes halogenated alkanes) is 1. The van der Waals surface area contributed by atoms with Crippen molar-refractivity contribution in [2.24, 2.45) is 35.3 Å². The average Bonchev–Trinajstić information content (AvgIpc) is 1.62. The van der Waals surface area contributed by atoms with Crippen molar-refractivity contribution in [3.05, 3.63) is 23.3 Å². The summed E-state index contributed by atoms with van der Waals surface area (Å²) < 4.78 is 65.2. The molecule has 5 rings (SSSR count). The molecule has 4 heterocycles.